The maximum Gasteiger partial charge on any atom is 0.229 e. The second-order valence-corrected chi connectivity index (χ2v) is 7.61. The highest BCUT2D eigenvalue weighted by atomic mass is 16.6. The Kier molecular flexibility index (Phi) is 4.50. The molecule has 7 nitrogen and oxygen atoms in total. The van der Waals surface area contributed by atoms with Crippen LogP contribution in [0.4, 0.5) is 11.4 Å². The highest BCUT2D eigenvalue weighted by molar-refractivity contribution is 6.06. The fourth-order valence-electron chi connectivity index (χ4n) is 4.00. The summed E-state index contributed by atoms with van der Waals surface area (Å²) in [6.07, 6.45) is 1.87. The maximum absolute atomic E-state index is 13.0. The molecule has 5 rings (SSSR count). The molecule has 1 aromatic heterocycles. The van der Waals surface area contributed by atoms with Crippen molar-refractivity contribution in [3.8, 4) is 11.5 Å². The second kappa shape index (κ2) is 7.33. The van der Waals surface area contributed by atoms with Gasteiger partial charge in [0.15, 0.2) is 11.5 Å². The number of hydrogen-bond acceptors (Lipinski definition) is 5. The average Bonchev–Trinajstić information content (AvgIpc) is 3.15. The number of ether oxygens (including phenoxy) is 2. The van der Waals surface area contributed by atoms with Crippen molar-refractivity contribution < 1.29 is 19.1 Å². The first-order chi connectivity index (χ1) is 14.6. The van der Waals surface area contributed by atoms with Crippen LogP contribution in [-0.2, 0) is 9.59 Å². The number of rotatable bonds is 3. The van der Waals surface area contributed by atoms with Gasteiger partial charge in [0.2, 0.25) is 11.8 Å². The van der Waals surface area contributed by atoms with Gasteiger partial charge < -0.3 is 19.7 Å². The topological polar surface area (TPSA) is 80.8 Å². The maximum atomic E-state index is 13.0. The van der Waals surface area contributed by atoms with Gasteiger partial charge >= 0.3 is 0 Å². The van der Waals surface area contributed by atoms with Gasteiger partial charge in [-0.25, -0.2) is 0 Å². The average molecular weight is 403 g/mol. The lowest BCUT2D eigenvalue weighted by molar-refractivity contribution is -0.122. The number of nitrogens with one attached hydrogen (secondary N) is 1. The molecule has 7 heteroatoms. The van der Waals surface area contributed by atoms with Crippen molar-refractivity contribution >= 4 is 34.1 Å². The van der Waals surface area contributed by atoms with E-state index in [1.54, 1.807) is 23.2 Å². The summed E-state index contributed by atoms with van der Waals surface area (Å²) in [5.41, 5.74) is 3.15. The molecule has 0 spiro atoms. The van der Waals surface area contributed by atoms with Crippen LogP contribution in [0.15, 0.2) is 48.7 Å². The number of carbonyl (C=O) groups excluding carboxylic acids is 2. The van der Waals surface area contributed by atoms with Crippen LogP contribution in [0.1, 0.15) is 12.0 Å². The highest BCUT2D eigenvalue weighted by Gasteiger charge is 2.35. The predicted molar refractivity (Wildman–Crippen MR) is 113 cm³/mol. The van der Waals surface area contributed by atoms with Crippen molar-refractivity contribution in [3.05, 3.63) is 54.2 Å². The zero-order valence-electron chi connectivity index (χ0n) is 16.6. The van der Waals surface area contributed by atoms with Gasteiger partial charge in [-0.3, -0.25) is 14.6 Å². The Balaban J connectivity index is 1.35. The van der Waals surface area contributed by atoms with Crippen LogP contribution in [0.25, 0.3) is 10.9 Å². The molecule has 0 bridgehead atoms. The van der Waals surface area contributed by atoms with E-state index in [1.807, 2.05) is 37.3 Å². The lowest BCUT2D eigenvalue weighted by atomic mass is 10.1. The molecule has 1 atom stereocenters. The van der Waals surface area contributed by atoms with Gasteiger partial charge in [0.05, 0.1) is 17.1 Å². The largest absolute Gasteiger partial charge is 0.486 e. The number of anilines is 2. The van der Waals surface area contributed by atoms with Gasteiger partial charge in [-0.15, -0.1) is 0 Å². The van der Waals surface area contributed by atoms with Crippen LogP contribution in [0.5, 0.6) is 11.5 Å². The van der Waals surface area contributed by atoms with Crippen LogP contribution in [0.2, 0.25) is 0 Å². The molecule has 1 saturated heterocycles. The van der Waals surface area contributed by atoms with E-state index in [0.717, 1.165) is 16.5 Å². The van der Waals surface area contributed by atoms with Crippen molar-refractivity contribution in [3.63, 3.8) is 0 Å². The molecule has 1 unspecified atom stereocenters. The Morgan fingerprint density at radius 3 is 2.83 bits per heavy atom. The minimum absolute atomic E-state index is 0.0842. The van der Waals surface area contributed by atoms with Crippen LogP contribution < -0.4 is 19.7 Å². The molecule has 3 heterocycles. The predicted octanol–water partition coefficient (Wildman–Crippen LogP) is 3.31. The Morgan fingerprint density at radius 2 is 1.97 bits per heavy atom. The highest BCUT2D eigenvalue weighted by Crippen LogP contribution is 2.36. The SMILES string of the molecule is Cc1cc(NC(=O)C2CC(=O)N(c3ccc4c(c3)OCCO4)C2)c2ncccc2c1. The normalized spacial score (nSPS) is 18.0. The summed E-state index contributed by atoms with van der Waals surface area (Å²) in [4.78, 5) is 31.6. The smallest absolute Gasteiger partial charge is 0.229 e. The molecule has 2 aromatic carbocycles. The third-order valence-electron chi connectivity index (χ3n) is 5.44. The van der Waals surface area contributed by atoms with Crippen LogP contribution >= 0.6 is 0 Å². The van der Waals surface area contributed by atoms with E-state index in [2.05, 4.69) is 10.3 Å². The first-order valence-corrected chi connectivity index (χ1v) is 9.95. The van der Waals surface area contributed by atoms with Crippen LogP contribution in [-0.4, -0.2) is 36.6 Å². The summed E-state index contributed by atoms with van der Waals surface area (Å²) < 4.78 is 11.2. The van der Waals surface area contributed by atoms with E-state index < -0.39 is 5.92 Å². The summed E-state index contributed by atoms with van der Waals surface area (Å²) in [6.45, 7) is 3.29. The lowest BCUT2D eigenvalue weighted by Crippen LogP contribution is -2.28. The summed E-state index contributed by atoms with van der Waals surface area (Å²) >= 11 is 0. The Labute approximate surface area is 173 Å². The zero-order valence-corrected chi connectivity index (χ0v) is 16.6. The Bertz CT molecular complexity index is 1160. The van der Waals surface area contributed by atoms with Crippen LogP contribution in [0, 0.1) is 12.8 Å². The number of hydrogen-bond donors (Lipinski definition) is 1. The molecule has 2 aliphatic rings. The molecule has 0 aliphatic carbocycles. The van der Waals surface area contributed by atoms with E-state index >= 15 is 0 Å². The van der Waals surface area contributed by atoms with E-state index in [4.69, 9.17) is 9.47 Å². The third kappa shape index (κ3) is 3.32. The monoisotopic (exact) mass is 403 g/mol. The second-order valence-electron chi connectivity index (χ2n) is 7.61. The van der Waals surface area contributed by atoms with Crippen molar-refractivity contribution in [1.82, 2.24) is 4.98 Å². The summed E-state index contributed by atoms with van der Waals surface area (Å²) in [5.74, 6) is 0.589. The van der Waals surface area contributed by atoms with Crippen molar-refractivity contribution in [2.75, 3.05) is 30.0 Å². The number of aryl methyl sites for hydroxylation is 1. The molecule has 0 saturated carbocycles. The van der Waals surface area contributed by atoms with E-state index in [0.29, 0.717) is 42.6 Å². The van der Waals surface area contributed by atoms with Crippen LogP contribution in [0.3, 0.4) is 0 Å². The number of aromatic nitrogens is 1. The number of nitrogens with zero attached hydrogens (tertiary/aromatic N) is 2. The quantitative estimate of drug-likeness (QED) is 0.726. The Hall–Kier alpha value is -3.61. The van der Waals surface area contributed by atoms with Crippen molar-refractivity contribution in [2.45, 2.75) is 13.3 Å². The summed E-state index contributed by atoms with van der Waals surface area (Å²) in [7, 11) is 0. The van der Waals surface area contributed by atoms with Crippen molar-refractivity contribution in [2.24, 2.45) is 5.92 Å². The van der Waals surface area contributed by atoms with Crippen molar-refractivity contribution in [1.29, 1.82) is 0 Å². The fraction of sp³-hybridized carbons (Fsp3) is 0.261. The molecule has 30 heavy (non-hydrogen) atoms. The van der Waals surface area contributed by atoms with Gasteiger partial charge in [-0.2, -0.15) is 0 Å². The molecule has 152 valence electrons. The van der Waals surface area contributed by atoms with Gasteiger partial charge in [-0.1, -0.05) is 6.07 Å². The molecule has 1 N–H and O–H groups in total. The molecular formula is C23H21N3O4. The van der Waals surface area contributed by atoms with E-state index in [1.165, 1.54) is 0 Å². The van der Waals surface area contributed by atoms with Gasteiger partial charge in [0.25, 0.3) is 0 Å². The molecule has 3 aromatic rings. The molecular weight excluding hydrogens is 382 g/mol. The van der Waals surface area contributed by atoms with E-state index in [-0.39, 0.29) is 18.2 Å². The lowest BCUT2D eigenvalue weighted by Gasteiger charge is -2.22. The zero-order chi connectivity index (χ0) is 20.7. The van der Waals surface area contributed by atoms with Gasteiger partial charge in [0, 0.05) is 36.3 Å². The molecule has 2 amide bonds. The first kappa shape index (κ1) is 18.4. The molecule has 2 aliphatic heterocycles. The number of benzene rings is 2. The first-order valence-electron chi connectivity index (χ1n) is 9.95. The number of fused-ring (bicyclic) bond motifs is 2. The fourth-order valence-corrected chi connectivity index (χ4v) is 4.00. The summed E-state index contributed by atoms with van der Waals surface area (Å²) in [6, 6.07) is 13.2. The van der Waals surface area contributed by atoms with Gasteiger partial charge in [-0.05, 0) is 42.8 Å². The van der Waals surface area contributed by atoms with E-state index in [9.17, 15) is 9.59 Å². The molecule has 1 fully saturated rings. The number of pyridine rings is 1. The molecule has 0 radical (unpaired) electrons. The van der Waals surface area contributed by atoms with Gasteiger partial charge in [0.1, 0.15) is 13.2 Å². The Morgan fingerprint density at radius 1 is 1.13 bits per heavy atom. The number of carbonyl (C=O) groups is 2. The minimum atomic E-state index is -0.440. The minimum Gasteiger partial charge on any atom is -0.486 e. The third-order valence-corrected chi connectivity index (χ3v) is 5.44. The standard InChI is InChI=1S/C23H21N3O4/c1-14-9-15-3-2-6-24-22(15)18(10-14)25-23(28)16-11-21(27)26(13-16)17-4-5-19-20(12-17)30-8-7-29-19/h2-6,9-10,12,16H,7-8,11,13H2,1H3,(H,25,28). The number of amides is 2. The summed E-state index contributed by atoms with van der Waals surface area (Å²) in [5, 5.41) is 3.95.